The molecule has 1 atom stereocenters. The minimum absolute atomic E-state index is 0.146. The summed E-state index contributed by atoms with van der Waals surface area (Å²) < 4.78 is 0.892. The van der Waals surface area contributed by atoms with E-state index >= 15 is 0 Å². The van der Waals surface area contributed by atoms with Crippen molar-refractivity contribution >= 4 is 44.8 Å². The van der Waals surface area contributed by atoms with Gasteiger partial charge in [-0.25, -0.2) is 0 Å². The second kappa shape index (κ2) is 4.98. The smallest absolute Gasteiger partial charge is 0.243 e. The quantitative estimate of drug-likeness (QED) is 0.849. The summed E-state index contributed by atoms with van der Waals surface area (Å²) in [5.41, 5.74) is 0. The molecule has 0 aliphatic heterocycles. The van der Waals surface area contributed by atoms with Gasteiger partial charge in [0.2, 0.25) is 5.91 Å². The van der Waals surface area contributed by atoms with Crippen LogP contribution in [0.3, 0.4) is 0 Å². The fourth-order valence-corrected chi connectivity index (χ4v) is 2.92. The van der Waals surface area contributed by atoms with Crippen LogP contribution in [0.2, 0.25) is 0 Å². The van der Waals surface area contributed by atoms with Crippen LogP contribution in [0.5, 0.6) is 0 Å². The van der Waals surface area contributed by atoms with Crippen molar-refractivity contribution in [3.63, 3.8) is 0 Å². The van der Waals surface area contributed by atoms with Gasteiger partial charge < -0.3 is 5.32 Å². The lowest BCUT2D eigenvalue weighted by molar-refractivity contribution is -0.120. The molecule has 13 heavy (non-hydrogen) atoms. The zero-order valence-corrected chi connectivity index (χ0v) is 10.2. The summed E-state index contributed by atoms with van der Waals surface area (Å²) in [6.07, 6.45) is 0. The Morgan fingerprint density at radius 1 is 1.85 bits per heavy atom. The van der Waals surface area contributed by atoms with Gasteiger partial charge in [0.25, 0.3) is 0 Å². The van der Waals surface area contributed by atoms with Gasteiger partial charge in [0, 0.05) is 15.9 Å². The SMILES string of the molecule is CCNC(=O)C(Cl)c1sccc1Br. The number of amides is 1. The summed E-state index contributed by atoms with van der Waals surface area (Å²) in [5, 5.41) is 3.98. The van der Waals surface area contributed by atoms with E-state index in [1.165, 1.54) is 11.3 Å². The van der Waals surface area contributed by atoms with E-state index in [-0.39, 0.29) is 5.91 Å². The number of alkyl halides is 1. The van der Waals surface area contributed by atoms with E-state index < -0.39 is 5.38 Å². The molecule has 1 rings (SSSR count). The molecule has 72 valence electrons. The molecular weight excluding hydrogens is 274 g/mol. The maximum atomic E-state index is 11.3. The molecule has 0 saturated carbocycles. The van der Waals surface area contributed by atoms with E-state index in [0.29, 0.717) is 6.54 Å². The number of halogens is 2. The van der Waals surface area contributed by atoms with E-state index in [1.54, 1.807) is 0 Å². The molecule has 0 radical (unpaired) electrons. The summed E-state index contributed by atoms with van der Waals surface area (Å²) in [4.78, 5) is 12.2. The molecule has 0 aromatic carbocycles. The summed E-state index contributed by atoms with van der Waals surface area (Å²) in [6.45, 7) is 2.47. The molecule has 1 unspecified atom stereocenters. The van der Waals surface area contributed by atoms with Gasteiger partial charge in [0.15, 0.2) is 0 Å². The number of hydrogen-bond donors (Lipinski definition) is 1. The number of likely N-dealkylation sites (N-methyl/N-ethyl adjacent to an activating group) is 1. The van der Waals surface area contributed by atoms with E-state index in [0.717, 1.165) is 9.35 Å². The molecule has 0 aliphatic rings. The van der Waals surface area contributed by atoms with Crippen LogP contribution in [0.4, 0.5) is 0 Å². The largest absolute Gasteiger partial charge is 0.355 e. The predicted octanol–water partition coefficient (Wildman–Crippen LogP) is 2.93. The lowest BCUT2D eigenvalue weighted by Crippen LogP contribution is -2.26. The molecule has 1 aromatic heterocycles. The molecule has 0 aliphatic carbocycles. The van der Waals surface area contributed by atoms with Crippen molar-refractivity contribution in [2.75, 3.05) is 6.54 Å². The second-order valence-electron chi connectivity index (χ2n) is 2.39. The number of carbonyl (C=O) groups excluding carboxylic acids is 1. The van der Waals surface area contributed by atoms with Crippen molar-refractivity contribution in [1.82, 2.24) is 5.32 Å². The lowest BCUT2D eigenvalue weighted by atomic mass is 10.3. The van der Waals surface area contributed by atoms with Gasteiger partial charge in [-0.15, -0.1) is 22.9 Å². The lowest BCUT2D eigenvalue weighted by Gasteiger charge is -2.07. The Kier molecular flexibility index (Phi) is 4.22. The number of thiophene rings is 1. The summed E-state index contributed by atoms with van der Waals surface area (Å²) >= 11 is 10.8. The summed E-state index contributed by atoms with van der Waals surface area (Å²) in [5.74, 6) is -0.146. The molecule has 1 heterocycles. The molecule has 5 heteroatoms. The number of nitrogens with one attached hydrogen (secondary N) is 1. The van der Waals surface area contributed by atoms with Crippen LogP contribution in [0.15, 0.2) is 15.9 Å². The Bertz CT molecular complexity index is 302. The maximum Gasteiger partial charge on any atom is 0.243 e. The Morgan fingerprint density at radius 3 is 3.00 bits per heavy atom. The molecule has 1 aromatic rings. The average Bonchev–Trinajstić information content (AvgIpc) is 2.50. The molecule has 1 N–H and O–H groups in total. The van der Waals surface area contributed by atoms with Crippen LogP contribution in [-0.4, -0.2) is 12.5 Å². The van der Waals surface area contributed by atoms with Crippen LogP contribution in [0.1, 0.15) is 17.2 Å². The second-order valence-corrected chi connectivity index (χ2v) is 4.63. The van der Waals surface area contributed by atoms with Gasteiger partial charge >= 0.3 is 0 Å². The van der Waals surface area contributed by atoms with E-state index in [9.17, 15) is 4.79 Å². The topological polar surface area (TPSA) is 29.1 Å². The van der Waals surface area contributed by atoms with Gasteiger partial charge in [-0.05, 0) is 34.3 Å². The van der Waals surface area contributed by atoms with Crippen LogP contribution >= 0.6 is 38.9 Å². The average molecular weight is 283 g/mol. The first-order chi connectivity index (χ1) is 6.16. The van der Waals surface area contributed by atoms with Crippen LogP contribution in [-0.2, 0) is 4.79 Å². The third kappa shape index (κ3) is 2.69. The first kappa shape index (κ1) is 11.0. The zero-order valence-electron chi connectivity index (χ0n) is 7.01. The van der Waals surface area contributed by atoms with Crippen molar-refractivity contribution in [2.45, 2.75) is 12.3 Å². The minimum atomic E-state index is -0.589. The number of rotatable bonds is 3. The van der Waals surface area contributed by atoms with Crippen molar-refractivity contribution in [3.05, 3.63) is 20.8 Å². The standard InChI is InChI=1S/C8H9BrClNOS/c1-2-11-8(12)6(10)7-5(9)3-4-13-7/h3-4,6H,2H2,1H3,(H,11,12). The number of carbonyl (C=O) groups is 1. The Hall–Kier alpha value is -0.0600. The molecule has 0 saturated heterocycles. The molecule has 2 nitrogen and oxygen atoms in total. The fraction of sp³-hybridized carbons (Fsp3) is 0.375. The maximum absolute atomic E-state index is 11.3. The summed E-state index contributed by atoms with van der Waals surface area (Å²) in [7, 11) is 0. The highest BCUT2D eigenvalue weighted by molar-refractivity contribution is 9.10. The highest BCUT2D eigenvalue weighted by atomic mass is 79.9. The normalized spacial score (nSPS) is 12.5. The van der Waals surface area contributed by atoms with Gasteiger partial charge in [-0.3, -0.25) is 4.79 Å². The van der Waals surface area contributed by atoms with E-state index in [2.05, 4.69) is 21.2 Å². The first-order valence-corrected chi connectivity index (χ1v) is 5.92. The molecule has 0 spiro atoms. The van der Waals surface area contributed by atoms with Crippen molar-refractivity contribution in [3.8, 4) is 0 Å². The first-order valence-electron chi connectivity index (χ1n) is 3.81. The van der Waals surface area contributed by atoms with Crippen molar-refractivity contribution < 1.29 is 4.79 Å². The van der Waals surface area contributed by atoms with Gasteiger partial charge in [0.1, 0.15) is 5.38 Å². The van der Waals surface area contributed by atoms with Crippen molar-refractivity contribution in [2.24, 2.45) is 0 Å². The minimum Gasteiger partial charge on any atom is -0.355 e. The Balaban J connectivity index is 2.73. The molecule has 1 amide bonds. The highest BCUT2D eigenvalue weighted by Gasteiger charge is 2.20. The van der Waals surface area contributed by atoms with E-state index in [4.69, 9.17) is 11.6 Å². The Morgan fingerprint density at radius 2 is 2.54 bits per heavy atom. The molecular formula is C8H9BrClNOS. The van der Waals surface area contributed by atoms with Crippen LogP contribution < -0.4 is 5.32 Å². The predicted molar refractivity (Wildman–Crippen MR) is 59.3 cm³/mol. The third-order valence-electron chi connectivity index (χ3n) is 1.46. The zero-order chi connectivity index (χ0) is 9.84. The van der Waals surface area contributed by atoms with Crippen molar-refractivity contribution in [1.29, 1.82) is 0 Å². The monoisotopic (exact) mass is 281 g/mol. The van der Waals surface area contributed by atoms with Gasteiger partial charge in [0.05, 0.1) is 0 Å². The molecule has 0 bridgehead atoms. The summed E-state index contributed by atoms with van der Waals surface area (Å²) in [6, 6.07) is 1.88. The number of hydrogen-bond acceptors (Lipinski definition) is 2. The van der Waals surface area contributed by atoms with Crippen LogP contribution in [0.25, 0.3) is 0 Å². The fourth-order valence-electron chi connectivity index (χ4n) is 0.869. The van der Waals surface area contributed by atoms with Crippen LogP contribution in [0, 0.1) is 0 Å². The van der Waals surface area contributed by atoms with Gasteiger partial charge in [-0.2, -0.15) is 0 Å². The van der Waals surface area contributed by atoms with E-state index in [1.807, 2.05) is 18.4 Å². The highest BCUT2D eigenvalue weighted by Crippen LogP contribution is 2.32. The van der Waals surface area contributed by atoms with Gasteiger partial charge in [-0.1, -0.05) is 0 Å². The third-order valence-corrected chi connectivity index (χ3v) is 3.94. The molecule has 0 fully saturated rings. The Labute approximate surface area is 94.4 Å².